The molecule has 36 heavy (non-hydrogen) atoms. The van der Waals surface area contributed by atoms with Gasteiger partial charge in [0.1, 0.15) is 5.76 Å². The zero-order valence-electron chi connectivity index (χ0n) is 20.1. The number of carbonyl (C=O) groups excluding carboxylic acids is 1. The lowest BCUT2D eigenvalue weighted by Gasteiger charge is -2.26. The lowest BCUT2D eigenvalue weighted by atomic mass is 9.98. The van der Waals surface area contributed by atoms with Gasteiger partial charge in [-0.1, -0.05) is 11.2 Å². The topological polar surface area (TPSA) is 146 Å². The lowest BCUT2D eigenvalue weighted by molar-refractivity contribution is 0.0770. The summed E-state index contributed by atoms with van der Waals surface area (Å²) in [5.74, 6) is 0.120. The summed E-state index contributed by atoms with van der Waals surface area (Å²) in [6.07, 6.45) is 1.11. The van der Waals surface area contributed by atoms with Crippen molar-refractivity contribution in [3.05, 3.63) is 52.9 Å². The molecule has 0 unspecified atom stereocenters. The van der Waals surface area contributed by atoms with Crippen LogP contribution in [0.15, 0.2) is 34.9 Å². The maximum absolute atomic E-state index is 13.2. The SMILES string of the molecule is Cc1noc(C)c1-c1cc(CN)c2c(c1)c1ccc(C(=O)N3CCS(=O)(=O)CC3)cc1n2S(C)(=O)=O. The largest absolute Gasteiger partial charge is 0.361 e. The van der Waals surface area contributed by atoms with Crippen molar-refractivity contribution in [2.45, 2.75) is 20.4 Å². The minimum atomic E-state index is -3.78. The normalized spacial score (nSPS) is 16.2. The van der Waals surface area contributed by atoms with E-state index in [2.05, 4.69) is 5.16 Å². The molecule has 2 N–H and O–H groups in total. The third-order valence-electron chi connectivity index (χ3n) is 6.65. The molecule has 4 aromatic rings. The summed E-state index contributed by atoms with van der Waals surface area (Å²) in [5, 5.41) is 5.36. The molecule has 0 saturated carbocycles. The quantitative estimate of drug-likeness (QED) is 0.423. The molecule has 0 radical (unpaired) electrons. The zero-order chi connectivity index (χ0) is 26.0. The van der Waals surface area contributed by atoms with Gasteiger partial charge in [0.15, 0.2) is 9.84 Å². The van der Waals surface area contributed by atoms with Crippen molar-refractivity contribution in [1.29, 1.82) is 0 Å². The number of nitrogens with zero attached hydrogens (tertiary/aromatic N) is 3. The van der Waals surface area contributed by atoms with Gasteiger partial charge in [0.2, 0.25) is 10.0 Å². The Morgan fingerprint density at radius 1 is 1.11 bits per heavy atom. The van der Waals surface area contributed by atoms with Crippen molar-refractivity contribution in [2.24, 2.45) is 5.73 Å². The first-order valence-electron chi connectivity index (χ1n) is 11.4. The van der Waals surface area contributed by atoms with Crippen LogP contribution in [0.5, 0.6) is 0 Å². The van der Waals surface area contributed by atoms with Crippen LogP contribution in [-0.4, -0.2) is 67.6 Å². The van der Waals surface area contributed by atoms with Crippen molar-refractivity contribution in [2.75, 3.05) is 30.9 Å². The Kier molecular flexibility index (Phi) is 5.73. The molecule has 5 rings (SSSR count). The van der Waals surface area contributed by atoms with Gasteiger partial charge in [-0.15, -0.1) is 0 Å². The Bertz CT molecular complexity index is 1730. The van der Waals surface area contributed by atoms with E-state index >= 15 is 0 Å². The molecular weight excluding hydrogens is 504 g/mol. The van der Waals surface area contributed by atoms with Gasteiger partial charge in [0, 0.05) is 41.5 Å². The van der Waals surface area contributed by atoms with Gasteiger partial charge in [0.05, 0.1) is 34.5 Å². The Morgan fingerprint density at radius 2 is 1.81 bits per heavy atom. The second-order valence-electron chi connectivity index (χ2n) is 9.14. The van der Waals surface area contributed by atoms with Gasteiger partial charge < -0.3 is 15.2 Å². The summed E-state index contributed by atoms with van der Waals surface area (Å²) in [5.41, 5.74) is 10.1. The highest BCUT2D eigenvalue weighted by Crippen LogP contribution is 2.38. The van der Waals surface area contributed by atoms with Gasteiger partial charge in [-0.3, -0.25) is 4.79 Å². The van der Waals surface area contributed by atoms with Crippen molar-refractivity contribution in [3.8, 4) is 11.1 Å². The van der Waals surface area contributed by atoms with Crippen molar-refractivity contribution >= 4 is 47.6 Å². The van der Waals surface area contributed by atoms with Crippen LogP contribution in [0.1, 0.15) is 27.4 Å². The Morgan fingerprint density at radius 3 is 2.39 bits per heavy atom. The van der Waals surface area contributed by atoms with Crippen LogP contribution in [0.4, 0.5) is 0 Å². The van der Waals surface area contributed by atoms with E-state index in [1.165, 1.54) is 8.87 Å². The molecule has 2 aromatic heterocycles. The third kappa shape index (κ3) is 3.98. The number of nitrogens with two attached hydrogens (primary N) is 1. The number of amides is 1. The van der Waals surface area contributed by atoms with Gasteiger partial charge >= 0.3 is 0 Å². The van der Waals surface area contributed by atoms with E-state index in [4.69, 9.17) is 10.3 Å². The Hall–Kier alpha value is -3.22. The fourth-order valence-corrected chi connectivity index (χ4v) is 7.22. The molecule has 0 aliphatic carbocycles. The predicted octanol–water partition coefficient (Wildman–Crippen LogP) is 2.20. The first-order valence-corrected chi connectivity index (χ1v) is 15.0. The fraction of sp³-hybridized carbons (Fsp3) is 0.333. The van der Waals surface area contributed by atoms with E-state index in [-0.39, 0.29) is 42.6 Å². The van der Waals surface area contributed by atoms with E-state index < -0.39 is 19.9 Å². The van der Waals surface area contributed by atoms with Crippen LogP contribution >= 0.6 is 0 Å². The highest BCUT2D eigenvalue weighted by atomic mass is 32.2. The maximum Gasteiger partial charge on any atom is 0.253 e. The van der Waals surface area contributed by atoms with Gasteiger partial charge in [0.25, 0.3) is 5.91 Å². The van der Waals surface area contributed by atoms with Gasteiger partial charge in [-0.2, -0.15) is 0 Å². The van der Waals surface area contributed by atoms with E-state index in [1.807, 2.05) is 26.0 Å². The third-order valence-corrected chi connectivity index (χ3v) is 9.30. The number of hydrogen-bond acceptors (Lipinski definition) is 8. The Balaban J connectivity index is 1.75. The molecule has 0 bridgehead atoms. The second kappa shape index (κ2) is 8.43. The lowest BCUT2D eigenvalue weighted by Crippen LogP contribution is -2.43. The summed E-state index contributed by atoms with van der Waals surface area (Å²) < 4.78 is 56.1. The molecule has 3 heterocycles. The van der Waals surface area contributed by atoms with E-state index in [0.29, 0.717) is 38.8 Å². The van der Waals surface area contributed by atoms with E-state index in [9.17, 15) is 21.6 Å². The highest BCUT2D eigenvalue weighted by molar-refractivity contribution is 7.91. The number of hydrogen-bond donors (Lipinski definition) is 1. The van der Waals surface area contributed by atoms with Crippen LogP contribution in [0.25, 0.3) is 32.9 Å². The average Bonchev–Trinajstić information content (AvgIpc) is 3.33. The molecule has 2 aromatic carbocycles. The molecule has 1 aliphatic heterocycles. The molecule has 1 saturated heterocycles. The minimum absolute atomic E-state index is 0.0884. The van der Waals surface area contributed by atoms with Crippen LogP contribution in [0, 0.1) is 13.8 Å². The van der Waals surface area contributed by atoms with Crippen LogP contribution in [-0.2, 0) is 26.4 Å². The molecule has 190 valence electrons. The number of aryl methyl sites for hydroxylation is 2. The molecule has 12 heteroatoms. The number of sulfone groups is 1. The van der Waals surface area contributed by atoms with Gasteiger partial charge in [-0.25, -0.2) is 20.8 Å². The number of aromatic nitrogens is 2. The molecular formula is C24H26N4O6S2. The minimum Gasteiger partial charge on any atom is -0.361 e. The predicted molar refractivity (Wildman–Crippen MR) is 137 cm³/mol. The average molecular weight is 531 g/mol. The van der Waals surface area contributed by atoms with Crippen molar-refractivity contribution in [1.82, 2.24) is 14.0 Å². The van der Waals surface area contributed by atoms with Crippen LogP contribution in [0.2, 0.25) is 0 Å². The standard InChI is InChI=1S/C24H26N4O6S2/c1-14-22(15(2)34-26-14)17-10-18(13-25)23-20(11-17)19-5-4-16(12-21(19)28(23)35(3,30)31)24(29)27-6-8-36(32,33)9-7-27/h4-5,10-12H,6-9,13,25H2,1-3H3. The van der Waals surface area contributed by atoms with Crippen LogP contribution in [0.3, 0.4) is 0 Å². The van der Waals surface area contributed by atoms with Crippen LogP contribution < -0.4 is 5.73 Å². The monoisotopic (exact) mass is 530 g/mol. The first kappa shape index (κ1) is 24.5. The smallest absolute Gasteiger partial charge is 0.253 e. The molecule has 1 amide bonds. The Labute approximate surface area is 208 Å². The number of fused-ring (bicyclic) bond motifs is 3. The van der Waals surface area contributed by atoms with E-state index in [1.54, 1.807) is 18.2 Å². The number of rotatable bonds is 4. The molecule has 0 spiro atoms. The first-order chi connectivity index (χ1) is 16.9. The number of benzene rings is 2. The summed E-state index contributed by atoms with van der Waals surface area (Å²) in [6, 6.07) is 8.66. The molecule has 10 nitrogen and oxygen atoms in total. The second-order valence-corrected chi connectivity index (χ2v) is 13.3. The molecule has 1 aliphatic rings. The maximum atomic E-state index is 13.2. The van der Waals surface area contributed by atoms with Crippen molar-refractivity contribution < 1.29 is 26.2 Å². The van der Waals surface area contributed by atoms with Gasteiger partial charge in [-0.05, 0) is 49.2 Å². The molecule has 1 fully saturated rings. The van der Waals surface area contributed by atoms with Crippen molar-refractivity contribution in [3.63, 3.8) is 0 Å². The van der Waals surface area contributed by atoms with E-state index in [0.717, 1.165) is 17.4 Å². The highest BCUT2D eigenvalue weighted by Gasteiger charge is 2.27. The summed E-state index contributed by atoms with van der Waals surface area (Å²) >= 11 is 0. The molecule has 0 atom stereocenters. The summed E-state index contributed by atoms with van der Waals surface area (Å²) in [6.45, 7) is 3.94. The fourth-order valence-electron chi connectivity index (χ4n) is 4.96. The summed E-state index contributed by atoms with van der Waals surface area (Å²) in [7, 11) is -6.93. The summed E-state index contributed by atoms with van der Waals surface area (Å²) in [4.78, 5) is 14.7. The zero-order valence-corrected chi connectivity index (χ0v) is 21.7. The number of carbonyl (C=O) groups is 1.